The molecule has 0 aliphatic carbocycles. The molecule has 116 valence electrons. The summed E-state index contributed by atoms with van der Waals surface area (Å²) >= 11 is 0. The number of methoxy groups -OCH3 is 1. The molecule has 0 fully saturated rings. The summed E-state index contributed by atoms with van der Waals surface area (Å²) in [5.41, 5.74) is 1.20. The van der Waals surface area contributed by atoms with Crippen molar-refractivity contribution in [3.05, 3.63) is 24.0 Å². The highest BCUT2D eigenvalue weighted by Gasteiger charge is 2.07. The minimum Gasteiger partial charge on any atom is -0.384 e. The second-order valence-electron chi connectivity index (χ2n) is 4.31. The van der Waals surface area contributed by atoms with Crippen molar-refractivity contribution in [2.75, 3.05) is 38.7 Å². The van der Waals surface area contributed by atoms with Gasteiger partial charge >= 0.3 is 0 Å². The fraction of sp³-hybridized carbons (Fsp3) is 0.500. The average molecular weight is 294 g/mol. The van der Waals surface area contributed by atoms with Gasteiger partial charge in [0.2, 0.25) is 5.91 Å². The zero-order chi connectivity index (χ0) is 15.5. The molecule has 0 unspecified atom stereocenters. The Morgan fingerprint density at radius 3 is 2.67 bits per heavy atom. The number of nitrogens with one attached hydrogen (secondary N) is 3. The molecular formula is C14H22N4O3. The van der Waals surface area contributed by atoms with Crippen LogP contribution < -0.4 is 16.0 Å². The van der Waals surface area contributed by atoms with E-state index >= 15 is 0 Å². The number of rotatable bonds is 9. The van der Waals surface area contributed by atoms with Crippen LogP contribution in [-0.2, 0) is 9.53 Å². The Balaban J connectivity index is 2.28. The quantitative estimate of drug-likeness (QED) is 0.573. The van der Waals surface area contributed by atoms with Crippen LogP contribution in [0.15, 0.2) is 18.3 Å². The fourth-order valence-corrected chi connectivity index (χ4v) is 1.60. The second-order valence-corrected chi connectivity index (χ2v) is 4.31. The molecule has 1 rings (SSSR count). The molecule has 0 radical (unpaired) electrons. The first-order valence-electron chi connectivity index (χ1n) is 6.91. The normalized spacial score (nSPS) is 10.0. The Hall–Kier alpha value is -2.15. The maximum atomic E-state index is 11.8. The minimum absolute atomic E-state index is 0.122. The molecule has 0 aliphatic rings. The highest BCUT2D eigenvalue weighted by Crippen LogP contribution is 2.05. The summed E-state index contributed by atoms with van der Waals surface area (Å²) in [6.07, 6.45) is 1.83. The summed E-state index contributed by atoms with van der Waals surface area (Å²) in [6, 6.07) is 3.44. The van der Waals surface area contributed by atoms with Gasteiger partial charge in [0.1, 0.15) is 5.69 Å². The number of hydrogen-bond donors (Lipinski definition) is 3. The monoisotopic (exact) mass is 294 g/mol. The van der Waals surface area contributed by atoms with Gasteiger partial charge in [-0.3, -0.25) is 9.59 Å². The summed E-state index contributed by atoms with van der Waals surface area (Å²) in [4.78, 5) is 27.3. The van der Waals surface area contributed by atoms with Gasteiger partial charge in [-0.1, -0.05) is 0 Å². The molecule has 1 aromatic rings. The highest BCUT2D eigenvalue weighted by molar-refractivity contribution is 5.92. The number of ether oxygens (including phenoxy) is 1. The van der Waals surface area contributed by atoms with E-state index in [0.717, 1.165) is 12.2 Å². The smallest absolute Gasteiger partial charge is 0.269 e. The molecule has 0 aliphatic heterocycles. The number of nitrogens with zero attached hydrogens (tertiary/aromatic N) is 1. The Labute approximate surface area is 124 Å². The van der Waals surface area contributed by atoms with Crippen LogP contribution in [0.5, 0.6) is 0 Å². The minimum atomic E-state index is -0.289. The first-order chi connectivity index (χ1) is 10.2. The van der Waals surface area contributed by atoms with Crippen molar-refractivity contribution in [1.29, 1.82) is 0 Å². The van der Waals surface area contributed by atoms with Gasteiger partial charge in [-0.15, -0.1) is 0 Å². The number of carbonyl (C=O) groups is 2. The molecule has 7 heteroatoms. The Morgan fingerprint density at radius 1 is 1.24 bits per heavy atom. The number of carbonyl (C=O) groups excluding carboxylic acids is 2. The maximum absolute atomic E-state index is 11.8. The number of pyridine rings is 1. The van der Waals surface area contributed by atoms with E-state index < -0.39 is 0 Å². The molecule has 7 nitrogen and oxygen atoms in total. The summed E-state index contributed by atoms with van der Waals surface area (Å²) < 4.78 is 4.82. The van der Waals surface area contributed by atoms with Gasteiger partial charge in [0.25, 0.3) is 5.91 Å². The van der Waals surface area contributed by atoms with Gasteiger partial charge in [0, 0.05) is 33.2 Å². The number of aromatic nitrogens is 1. The number of anilines is 1. The first-order valence-corrected chi connectivity index (χ1v) is 6.91. The van der Waals surface area contributed by atoms with E-state index in [1.807, 2.05) is 6.92 Å². The molecule has 0 aromatic carbocycles. The third-order valence-corrected chi connectivity index (χ3v) is 2.64. The van der Waals surface area contributed by atoms with Crippen molar-refractivity contribution in [1.82, 2.24) is 15.6 Å². The van der Waals surface area contributed by atoms with E-state index in [1.165, 1.54) is 0 Å². The van der Waals surface area contributed by atoms with Gasteiger partial charge in [-0.2, -0.15) is 0 Å². The van der Waals surface area contributed by atoms with E-state index in [4.69, 9.17) is 4.74 Å². The predicted molar refractivity (Wildman–Crippen MR) is 80.2 cm³/mol. The van der Waals surface area contributed by atoms with Gasteiger partial charge < -0.3 is 20.7 Å². The van der Waals surface area contributed by atoms with Crippen molar-refractivity contribution >= 4 is 17.5 Å². The van der Waals surface area contributed by atoms with Crippen molar-refractivity contribution in [2.24, 2.45) is 0 Å². The lowest BCUT2D eigenvalue weighted by molar-refractivity contribution is -0.121. The molecule has 0 spiro atoms. The summed E-state index contributed by atoms with van der Waals surface area (Å²) in [5, 5.41) is 8.44. The Bertz CT molecular complexity index is 448. The molecule has 0 atom stereocenters. The molecule has 21 heavy (non-hydrogen) atoms. The average Bonchev–Trinajstić information content (AvgIpc) is 2.48. The summed E-state index contributed by atoms with van der Waals surface area (Å²) in [5.74, 6) is -0.412. The van der Waals surface area contributed by atoms with Crippen LogP contribution in [-0.4, -0.2) is 50.1 Å². The fourth-order valence-electron chi connectivity index (χ4n) is 1.60. The van der Waals surface area contributed by atoms with Crippen LogP contribution in [0.4, 0.5) is 5.69 Å². The van der Waals surface area contributed by atoms with Crippen LogP contribution in [0.2, 0.25) is 0 Å². The van der Waals surface area contributed by atoms with Crippen LogP contribution >= 0.6 is 0 Å². The van der Waals surface area contributed by atoms with Crippen molar-refractivity contribution in [3.63, 3.8) is 0 Å². The van der Waals surface area contributed by atoms with Crippen molar-refractivity contribution < 1.29 is 14.3 Å². The molecule has 0 saturated heterocycles. The zero-order valence-corrected chi connectivity index (χ0v) is 12.4. The Morgan fingerprint density at radius 2 is 2.05 bits per heavy atom. The summed E-state index contributed by atoms with van der Waals surface area (Å²) in [7, 11) is 1.57. The maximum Gasteiger partial charge on any atom is 0.269 e. The third kappa shape index (κ3) is 6.71. The molecule has 0 saturated carbocycles. The lowest BCUT2D eigenvalue weighted by atomic mass is 10.3. The summed E-state index contributed by atoms with van der Waals surface area (Å²) in [6.45, 7) is 3.99. The molecule has 2 amide bonds. The molecule has 0 bridgehead atoms. The largest absolute Gasteiger partial charge is 0.384 e. The van der Waals surface area contributed by atoms with Crippen LogP contribution in [0.1, 0.15) is 23.8 Å². The highest BCUT2D eigenvalue weighted by atomic mass is 16.5. The first kappa shape index (κ1) is 16.9. The third-order valence-electron chi connectivity index (χ3n) is 2.64. The van der Waals surface area contributed by atoms with E-state index in [-0.39, 0.29) is 24.8 Å². The zero-order valence-electron chi connectivity index (χ0n) is 12.4. The van der Waals surface area contributed by atoms with Crippen molar-refractivity contribution in [2.45, 2.75) is 13.3 Å². The van der Waals surface area contributed by atoms with Crippen LogP contribution in [0.3, 0.4) is 0 Å². The lowest BCUT2D eigenvalue weighted by Gasteiger charge is -2.07. The van der Waals surface area contributed by atoms with E-state index in [0.29, 0.717) is 18.8 Å². The Kier molecular flexibility index (Phi) is 7.81. The van der Waals surface area contributed by atoms with E-state index in [9.17, 15) is 9.59 Å². The van der Waals surface area contributed by atoms with E-state index in [2.05, 4.69) is 20.9 Å². The number of hydrogen-bond acceptors (Lipinski definition) is 5. The van der Waals surface area contributed by atoms with Crippen LogP contribution in [0.25, 0.3) is 0 Å². The predicted octanol–water partition coefficient (Wildman–Crippen LogP) is 0.396. The van der Waals surface area contributed by atoms with Gasteiger partial charge in [-0.05, 0) is 19.1 Å². The molecule has 1 heterocycles. The SMILES string of the molecule is CCNc1ccc(C(=O)NCCC(=O)NCCOC)nc1. The topological polar surface area (TPSA) is 92.4 Å². The van der Waals surface area contributed by atoms with Gasteiger partial charge in [0.15, 0.2) is 0 Å². The number of amides is 2. The van der Waals surface area contributed by atoms with E-state index in [1.54, 1.807) is 25.4 Å². The lowest BCUT2D eigenvalue weighted by Crippen LogP contribution is -2.32. The molecular weight excluding hydrogens is 272 g/mol. The second kappa shape index (κ2) is 9.71. The molecule has 1 aromatic heterocycles. The van der Waals surface area contributed by atoms with Crippen molar-refractivity contribution in [3.8, 4) is 0 Å². The van der Waals surface area contributed by atoms with Gasteiger partial charge in [0.05, 0.1) is 18.5 Å². The standard InChI is InChI=1S/C14H22N4O3/c1-3-15-11-4-5-12(18-10-11)14(20)17-7-6-13(19)16-8-9-21-2/h4-5,10,15H,3,6-9H2,1-2H3,(H,16,19)(H,17,20). The van der Waals surface area contributed by atoms with Crippen LogP contribution in [0, 0.1) is 0 Å². The molecule has 3 N–H and O–H groups in total. The van der Waals surface area contributed by atoms with Gasteiger partial charge in [-0.25, -0.2) is 4.98 Å².